The van der Waals surface area contributed by atoms with Crippen molar-refractivity contribution in [3.63, 3.8) is 0 Å². The molecule has 0 radical (unpaired) electrons. The van der Waals surface area contributed by atoms with E-state index >= 15 is 0 Å². The van der Waals surface area contributed by atoms with E-state index in [9.17, 15) is 0 Å². The Hall–Kier alpha value is -2.35. The van der Waals surface area contributed by atoms with Crippen LogP contribution in [0.5, 0.6) is 0 Å². The molecule has 51 heavy (non-hydrogen) atoms. The summed E-state index contributed by atoms with van der Waals surface area (Å²) in [6.45, 7) is 14.5. The quantitative estimate of drug-likeness (QED) is 0.144. The van der Waals surface area contributed by atoms with E-state index < -0.39 is 16.6 Å². The van der Waals surface area contributed by atoms with Crippen LogP contribution in [0.1, 0.15) is 122 Å². The summed E-state index contributed by atoms with van der Waals surface area (Å²) in [6, 6.07) is 33.8. The van der Waals surface area contributed by atoms with Crippen LogP contribution in [-0.4, -0.2) is 0 Å². The maximum atomic E-state index is 2.71. The average molecular weight is 752 g/mol. The minimum absolute atomic E-state index is 0. The van der Waals surface area contributed by atoms with Crippen molar-refractivity contribution in [2.45, 2.75) is 110 Å². The molecular formula is C48H56Cl2Ti. The summed E-state index contributed by atoms with van der Waals surface area (Å²) in [5.41, 5.74) is 18.6. The second-order valence-electron chi connectivity index (χ2n) is 16.5. The molecule has 8 rings (SSSR count). The standard InChI is InChI=1S/2C21H23.C6H10.2ClH.Ti/c2*1-4-6-16-9-11-17(12-10-16)20-8-5-7-18-13-19(15(2)3)14-21(18)20;1-2-4-6-5-3-1;;;/h2*5,7-15H,4,6H2,1-3H3;1-2H,3-6H2;2*1H;/q;;;;;+2/p-2. The summed E-state index contributed by atoms with van der Waals surface area (Å²) in [4.78, 5) is 0. The molecule has 1 aliphatic heterocycles. The predicted molar refractivity (Wildman–Crippen MR) is 209 cm³/mol. The molecule has 1 saturated heterocycles. The van der Waals surface area contributed by atoms with Crippen molar-refractivity contribution in [3.05, 3.63) is 129 Å². The van der Waals surface area contributed by atoms with Crippen LogP contribution in [0.2, 0.25) is 8.45 Å². The van der Waals surface area contributed by atoms with Gasteiger partial charge in [0.05, 0.1) is 0 Å². The zero-order valence-electron chi connectivity index (χ0n) is 31.6. The Morgan fingerprint density at radius 1 is 0.549 bits per heavy atom. The van der Waals surface area contributed by atoms with E-state index in [2.05, 4.69) is 139 Å². The van der Waals surface area contributed by atoms with Crippen molar-refractivity contribution in [2.24, 2.45) is 11.8 Å². The largest absolute Gasteiger partial charge is 1.00 e. The topological polar surface area (TPSA) is 0 Å². The summed E-state index contributed by atoms with van der Waals surface area (Å²) in [6.07, 6.45) is 15.9. The summed E-state index contributed by atoms with van der Waals surface area (Å²) in [7, 11) is 0. The number of hydrogen-bond acceptors (Lipinski definition) is 0. The zero-order chi connectivity index (χ0) is 33.9. The van der Waals surface area contributed by atoms with Crippen LogP contribution in [0.3, 0.4) is 0 Å². The molecule has 1 heterocycles. The second kappa shape index (κ2) is 15.6. The van der Waals surface area contributed by atoms with Crippen LogP contribution < -0.4 is 24.8 Å². The normalized spacial score (nSPS) is 23.0. The van der Waals surface area contributed by atoms with Gasteiger partial charge >= 0.3 is 302 Å². The van der Waals surface area contributed by atoms with Gasteiger partial charge in [-0.25, -0.2) is 0 Å². The van der Waals surface area contributed by atoms with E-state index in [-0.39, 0.29) is 24.8 Å². The molecule has 0 aromatic heterocycles. The van der Waals surface area contributed by atoms with Crippen molar-refractivity contribution in [1.82, 2.24) is 0 Å². The Labute approximate surface area is 324 Å². The third kappa shape index (κ3) is 6.39. The third-order valence-electron chi connectivity index (χ3n) is 13.1. The molecule has 0 amide bonds. The second-order valence-corrected chi connectivity index (χ2v) is 23.7. The first-order chi connectivity index (χ1) is 23.9. The number of allylic oxidation sites excluding steroid dienone is 2. The van der Waals surface area contributed by atoms with Crippen LogP contribution in [0, 0.1) is 11.8 Å². The Balaban J connectivity index is 0.00000224. The van der Waals surface area contributed by atoms with E-state index in [1.807, 2.05) is 0 Å². The number of benzene rings is 4. The van der Waals surface area contributed by atoms with Crippen LogP contribution in [-0.2, 0) is 29.4 Å². The van der Waals surface area contributed by atoms with Crippen LogP contribution in [0.15, 0.2) is 96.1 Å². The molecule has 0 nitrogen and oxygen atoms in total. The first kappa shape index (κ1) is 38.4. The smallest absolute Gasteiger partial charge is 1.00 e. The minimum Gasteiger partial charge on any atom is -1.00 e. The van der Waals surface area contributed by atoms with Crippen molar-refractivity contribution in [1.29, 1.82) is 0 Å². The zero-order valence-corrected chi connectivity index (χ0v) is 34.7. The molecule has 4 atom stereocenters. The van der Waals surface area contributed by atoms with E-state index in [0.717, 1.165) is 21.3 Å². The van der Waals surface area contributed by atoms with Crippen molar-refractivity contribution >= 4 is 12.2 Å². The first-order valence-electron chi connectivity index (χ1n) is 19.8. The van der Waals surface area contributed by atoms with Gasteiger partial charge in [-0.1, -0.05) is 0 Å². The molecule has 1 saturated carbocycles. The molecule has 3 heteroatoms. The molecule has 0 N–H and O–H groups in total. The van der Waals surface area contributed by atoms with E-state index in [1.54, 1.807) is 33.4 Å². The van der Waals surface area contributed by atoms with Crippen LogP contribution >= 0.6 is 0 Å². The van der Waals surface area contributed by atoms with Gasteiger partial charge in [0, 0.05) is 0 Å². The Bertz CT molecular complexity index is 1770. The molecular weight excluding hydrogens is 695 g/mol. The molecule has 266 valence electrons. The maximum Gasteiger partial charge on any atom is -1.00 e. The van der Waals surface area contributed by atoms with Crippen LogP contribution in [0.25, 0.3) is 34.4 Å². The van der Waals surface area contributed by atoms with Gasteiger partial charge in [0.15, 0.2) is 0 Å². The molecule has 4 aliphatic rings. The fourth-order valence-corrected chi connectivity index (χ4v) is 25.6. The molecule has 3 aliphatic carbocycles. The van der Waals surface area contributed by atoms with Gasteiger partial charge in [-0.3, -0.25) is 0 Å². The van der Waals surface area contributed by atoms with Gasteiger partial charge in [0.1, 0.15) is 0 Å². The number of fused-ring (bicyclic) bond motifs is 3. The first-order valence-corrected chi connectivity index (χ1v) is 23.4. The number of aryl methyl sites for hydroxylation is 2. The summed E-state index contributed by atoms with van der Waals surface area (Å²) >= 11 is -2.73. The van der Waals surface area contributed by atoms with E-state index in [1.165, 1.54) is 71.9 Å². The van der Waals surface area contributed by atoms with Gasteiger partial charge in [-0.15, -0.1) is 0 Å². The Kier molecular flexibility index (Phi) is 11.7. The van der Waals surface area contributed by atoms with Gasteiger partial charge in [-0.05, 0) is 0 Å². The summed E-state index contributed by atoms with van der Waals surface area (Å²) in [5, 5.41) is 0. The Morgan fingerprint density at radius 3 is 1.29 bits per heavy atom. The SMILES string of the molecule is CCCc1ccc(-c2cccc3c2C=C(C(C)C)[CH]3[Ti+2]2([CH]3C(C(C)C)=Cc4c(-c5ccc(CCC)cc5)cccc43)[CH]3CCCC[CH]32)cc1.[Cl-].[Cl-]. The number of halogens is 2. The average Bonchev–Trinajstić information content (AvgIpc) is 3.38. The third-order valence-corrected chi connectivity index (χ3v) is 23.8. The number of hydrogen-bond donors (Lipinski definition) is 0. The van der Waals surface area contributed by atoms with Gasteiger partial charge in [-0.2, -0.15) is 0 Å². The van der Waals surface area contributed by atoms with Crippen molar-refractivity contribution in [2.75, 3.05) is 0 Å². The molecule has 4 unspecified atom stereocenters. The molecule has 2 fully saturated rings. The van der Waals surface area contributed by atoms with Gasteiger partial charge in [0.2, 0.25) is 0 Å². The minimum atomic E-state index is -2.73. The van der Waals surface area contributed by atoms with E-state index in [4.69, 9.17) is 0 Å². The fourth-order valence-electron chi connectivity index (χ4n) is 11.0. The summed E-state index contributed by atoms with van der Waals surface area (Å²) in [5.74, 6) is 1.12. The predicted octanol–water partition coefficient (Wildman–Crippen LogP) is 8.14. The number of rotatable bonds is 10. The van der Waals surface area contributed by atoms with Crippen LogP contribution in [0.4, 0.5) is 0 Å². The van der Waals surface area contributed by atoms with Gasteiger partial charge in [0.25, 0.3) is 0 Å². The molecule has 4 aromatic rings. The monoisotopic (exact) mass is 750 g/mol. The van der Waals surface area contributed by atoms with Crippen molar-refractivity contribution in [3.8, 4) is 22.3 Å². The summed E-state index contributed by atoms with van der Waals surface area (Å²) < 4.78 is 3.24. The Morgan fingerprint density at radius 2 is 0.941 bits per heavy atom. The molecule has 0 bridgehead atoms. The molecule has 4 aromatic carbocycles. The van der Waals surface area contributed by atoms with Crippen molar-refractivity contribution < 1.29 is 41.4 Å². The van der Waals surface area contributed by atoms with Gasteiger partial charge < -0.3 is 24.8 Å². The fraction of sp³-hybridized carbons (Fsp3) is 0.417. The van der Waals surface area contributed by atoms with E-state index in [0.29, 0.717) is 20.3 Å². The molecule has 0 spiro atoms. The maximum absolute atomic E-state index is 2.73.